The third-order valence-electron chi connectivity index (χ3n) is 3.09. The van der Waals surface area contributed by atoms with Gasteiger partial charge in [-0.25, -0.2) is 0 Å². The maximum Gasteiger partial charge on any atom is 0.131 e. The molecule has 0 spiro atoms. The first-order chi connectivity index (χ1) is 5.52. The second-order valence-corrected chi connectivity index (χ2v) is 5.09. The average Bonchev–Trinajstić information content (AvgIpc) is 2.08. The SMILES string of the molecule is CC1=C(C)C(C)(C=O)C(C)SC1. The first-order valence-corrected chi connectivity index (χ1v) is 5.32. The summed E-state index contributed by atoms with van der Waals surface area (Å²) in [5, 5.41) is 0.415. The van der Waals surface area contributed by atoms with Gasteiger partial charge in [-0.3, -0.25) is 0 Å². The Bertz CT molecular complexity index is 232. The van der Waals surface area contributed by atoms with Crippen LogP contribution in [0.1, 0.15) is 27.7 Å². The van der Waals surface area contributed by atoms with Gasteiger partial charge in [-0.15, -0.1) is 0 Å². The highest BCUT2D eigenvalue weighted by Gasteiger charge is 2.36. The van der Waals surface area contributed by atoms with Crippen molar-refractivity contribution >= 4 is 18.0 Å². The average molecular weight is 184 g/mol. The van der Waals surface area contributed by atoms with Crippen LogP contribution in [0.5, 0.6) is 0 Å². The van der Waals surface area contributed by atoms with Crippen molar-refractivity contribution in [2.24, 2.45) is 5.41 Å². The van der Waals surface area contributed by atoms with E-state index >= 15 is 0 Å². The van der Waals surface area contributed by atoms with Crippen molar-refractivity contribution in [3.8, 4) is 0 Å². The Morgan fingerprint density at radius 3 is 2.58 bits per heavy atom. The Morgan fingerprint density at radius 2 is 2.17 bits per heavy atom. The number of aldehydes is 1. The molecule has 0 radical (unpaired) electrons. The molecule has 12 heavy (non-hydrogen) atoms. The Balaban J connectivity index is 3.09. The van der Waals surface area contributed by atoms with Gasteiger partial charge in [0, 0.05) is 11.0 Å². The maximum absolute atomic E-state index is 11.0. The summed E-state index contributed by atoms with van der Waals surface area (Å²) in [5.41, 5.74) is 2.41. The van der Waals surface area contributed by atoms with Crippen LogP contribution in [0.15, 0.2) is 11.1 Å². The highest BCUT2D eigenvalue weighted by atomic mass is 32.2. The summed E-state index contributed by atoms with van der Waals surface area (Å²) >= 11 is 1.87. The van der Waals surface area contributed by atoms with Crippen LogP contribution in [0.3, 0.4) is 0 Å². The third kappa shape index (κ3) is 1.33. The molecule has 0 aromatic heterocycles. The van der Waals surface area contributed by atoms with E-state index in [0.717, 1.165) is 12.0 Å². The lowest BCUT2D eigenvalue weighted by molar-refractivity contribution is -0.113. The molecule has 0 bridgehead atoms. The highest BCUT2D eigenvalue weighted by Crippen LogP contribution is 2.42. The first-order valence-electron chi connectivity index (χ1n) is 4.27. The van der Waals surface area contributed by atoms with E-state index in [-0.39, 0.29) is 5.41 Å². The quantitative estimate of drug-likeness (QED) is 0.460. The summed E-state index contributed by atoms with van der Waals surface area (Å²) in [6.07, 6.45) is 1.10. The fourth-order valence-corrected chi connectivity index (χ4v) is 2.78. The Hall–Kier alpha value is -0.240. The second-order valence-electron chi connectivity index (χ2n) is 3.76. The molecule has 0 fully saturated rings. The molecule has 1 aliphatic heterocycles. The normalized spacial score (nSPS) is 36.8. The van der Waals surface area contributed by atoms with E-state index in [2.05, 4.69) is 20.8 Å². The van der Waals surface area contributed by atoms with Crippen LogP contribution < -0.4 is 0 Å². The summed E-state index contributed by atoms with van der Waals surface area (Å²) in [6, 6.07) is 0. The maximum atomic E-state index is 11.0. The molecule has 0 amide bonds. The van der Waals surface area contributed by atoms with Crippen molar-refractivity contribution in [1.29, 1.82) is 0 Å². The molecule has 2 atom stereocenters. The van der Waals surface area contributed by atoms with E-state index in [1.54, 1.807) is 0 Å². The van der Waals surface area contributed by atoms with Crippen LogP contribution in [-0.4, -0.2) is 17.3 Å². The summed E-state index contributed by atoms with van der Waals surface area (Å²) in [7, 11) is 0. The molecule has 68 valence electrons. The first kappa shape index (κ1) is 9.85. The standard InChI is InChI=1S/C10H16OS/c1-7-5-12-9(3)10(4,6-11)8(7)2/h6,9H,5H2,1-4H3. The fraction of sp³-hybridized carbons (Fsp3) is 0.700. The van der Waals surface area contributed by atoms with Crippen molar-refractivity contribution in [3.63, 3.8) is 0 Å². The summed E-state index contributed by atoms with van der Waals surface area (Å²) in [6.45, 7) is 8.38. The van der Waals surface area contributed by atoms with E-state index in [0.29, 0.717) is 5.25 Å². The molecule has 2 heteroatoms. The second kappa shape index (κ2) is 3.25. The van der Waals surface area contributed by atoms with Gasteiger partial charge in [0.15, 0.2) is 0 Å². The van der Waals surface area contributed by atoms with Crippen LogP contribution >= 0.6 is 11.8 Å². The van der Waals surface area contributed by atoms with Crippen molar-refractivity contribution in [3.05, 3.63) is 11.1 Å². The lowest BCUT2D eigenvalue weighted by atomic mass is 9.79. The lowest BCUT2D eigenvalue weighted by Crippen LogP contribution is -2.34. The molecule has 0 aromatic carbocycles. The van der Waals surface area contributed by atoms with Crippen LogP contribution in [-0.2, 0) is 4.79 Å². The van der Waals surface area contributed by atoms with Crippen molar-refractivity contribution in [1.82, 2.24) is 0 Å². The smallest absolute Gasteiger partial charge is 0.131 e. The van der Waals surface area contributed by atoms with Gasteiger partial charge in [0.2, 0.25) is 0 Å². The van der Waals surface area contributed by atoms with Gasteiger partial charge >= 0.3 is 0 Å². The zero-order valence-electron chi connectivity index (χ0n) is 8.18. The molecule has 0 aliphatic carbocycles. The molecule has 1 aliphatic rings. The fourth-order valence-electron chi connectivity index (χ4n) is 1.48. The van der Waals surface area contributed by atoms with Gasteiger partial charge in [0.05, 0.1) is 5.41 Å². The molecule has 1 rings (SSSR count). The number of hydrogen-bond acceptors (Lipinski definition) is 2. The molecule has 1 heterocycles. The van der Waals surface area contributed by atoms with Crippen LogP contribution in [0.25, 0.3) is 0 Å². The van der Waals surface area contributed by atoms with Crippen molar-refractivity contribution < 1.29 is 4.79 Å². The van der Waals surface area contributed by atoms with E-state index in [1.165, 1.54) is 11.1 Å². The minimum absolute atomic E-state index is 0.229. The van der Waals surface area contributed by atoms with Gasteiger partial charge in [-0.1, -0.05) is 18.1 Å². The van der Waals surface area contributed by atoms with Gasteiger partial charge in [-0.2, -0.15) is 11.8 Å². The predicted octanol–water partition coefficient (Wildman–Crippen LogP) is 2.66. The van der Waals surface area contributed by atoms with Crippen LogP contribution in [0.2, 0.25) is 0 Å². The largest absolute Gasteiger partial charge is 0.302 e. The topological polar surface area (TPSA) is 17.1 Å². The van der Waals surface area contributed by atoms with E-state index in [1.807, 2.05) is 18.7 Å². The minimum Gasteiger partial charge on any atom is -0.302 e. The minimum atomic E-state index is -0.229. The summed E-state index contributed by atoms with van der Waals surface area (Å²) < 4.78 is 0. The Labute approximate surface area is 78.6 Å². The summed E-state index contributed by atoms with van der Waals surface area (Å²) in [5.74, 6) is 1.08. The summed E-state index contributed by atoms with van der Waals surface area (Å²) in [4.78, 5) is 11.0. The molecule has 2 unspecified atom stereocenters. The molecular weight excluding hydrogens is 168 g/mol. The lowest BCUT2D eigenvalue weighted by Gasteiger charge is -2.36. The van der Waals surface area contributed by atoms with Crippen LogP contribution in [0, 0.1) is 5.41 Å². The van der Waals surface area contributed by atoms with E-state index in [9.17, 15) is 4.79 Å². The molecule has 0 aromatic rings. The van der Waals surface area contributed by atoms with Gasteiger partial charge in [0.25, 0.3) is 0 Å². The number of carbonyl (C=O) groups is 1. The third-order valence-corrected chi connectivity index (χ3v) is 4.68. The molecule has 0 N–H and O–H groups in total. The van der Waals surface area contributed by atoms with Crippen molar-refractivity contribution in [2.75, 3.05) is 5.75 Å². The number of hydrogen-bond donors (Lipinski definition) is 0. The molecular formula is C10H16OS. The number of rotatable bonds is 1. The Morgan fingerprint density at radius 1 is 1.58 bits per heavy atom. The van der Waals surface area contributed by atoms with Crippen molar-refractivity contribution in [2.45, 2.75) is 32.9 Å². The molecule has 0 saturated heterocycles. The zero-order valence-corrected chi connectivity index (χ0v) is 8.99. The van der Waals surface area contributed by atoms with E-state index in [4.69, 9.17) is 0 Å². The predicted molar refractivity (Wildman–Crippen MR) is 54.5 cm³/mol. The monoisotopic (exact) mass is 184 g/mol. The number of thioether (sulfide) groups is 1. The Kier molecular flexibility index (Phi) is 2.67. The van der Waals surface area contributed by atoms with Crippen LogP contribution in [0.4, 0.5) is 0 Å². The van der Waals surface area contributed by atoms with Gasteiger partial charge in [0.1, 0.15) is 6.29 Å². The number of allylic oxidation sites excluding steroid dienone is 1. The molecule has 0 saturated carbocycles. The number of carbonyl (C=O) groups excluding carboxylic acids is 1. The highest BCUT2D eigenvalue weighted by molar-refractivity contribution is 8.00. The zero-order chi connectivity index (χ0) is 9.35. The molecule has 1 nitrogen and oxygen atoms in total. The van der Waals surface area contributed by atoms with E-state index < -0.39 is 0 Å². The van der Waals surface area contributed by atoms with Gasteiger partial charge in [-0.05, 0) is 20.8 Å². The van der Waals surface area contributed by atoms with Gasteiger partial charge < -0.3 is 4.79 Å².